The SMILES string of the molecule is CC[C@H](C)c1ccc(N(C(=O)Cn2nnc3ccccc32)[C@@H](C(=O)NC[C@@H]2CCCO2)c2ccco2)cc1. The maximum absolute atomic E-state index is 14.0. The van der Waals surface area contributed by atoms with Crippen LogP contribution in [-0.4, -0.2) is 46.1 Å². The summed E-state index contributed by atoms with van der Waals surface area (Å²) in [5, 5.41) is 11.4. The van der Waals surface area contributed by atoms with E-state index >= 15 is 0 Å². The molecular formula is C29H33N5O4. The van der Waals surface area contributed by atoms with Gasteiger partial charge < -0.3 is 14.5 Å². The Kier molecular flexibility index (Phi) is 7.83. The van der Waals surface area contributed by atoms with Crippen molar-refractivity contribution >= 4 is 28.5 Å². The first kappa shape index (κ1) is 25.7. The number of ether oxygens (including phenoxy) is 1. The average molecular weight is 516 g/mol. The van der Waals surface area contributed by atoms with E-state index in [2.05, 4.69) is 29.5 Å². The second-order valence-corrected chi connectivity index (χ2v) is 9.70. The monoisotopic (exact) mass is 515 g/mol. The van der Waals surface area contributed by atoms with Gasteiger partial charge in [-0.05, 0) is 67.1 Å². The molecule has 9 heteroatoms. The van der Waals surface area contributed by atoms with Gasteiger partial charge in [0.25, 0.3) is 5.91 Å². The highest BCUT2D eigenvalue weighted by molar-refractivity contribution is 6.01. The minimum atomic E-state index is -1.01. The second-order valence-electron chi connectivity index (χ2n) is 9.70. The summed E-state index contributed by atoms with van der Waals surface area (Å²) in [6, 6.07) is 17.7. The molecule has 2 aromatic carbocycles. The third-order valence-electron chi connectivity index (χ3n) is 7.17. The number of anilines is 1. The number of carbonyl (C=O) groups is 2. The summed E-state index contributed by atoms with van der Waals surface area (Å²) in [6.45, 7) is 5.28. The van der Waals surface area contributed by atoms with E-state index in [1.807, 2.05) is 48.5 Å². The number of aromatic nitrogens is 3. The molecule has 2 amide bonds. The van der Waals surface area contributed by atoms with Crippen LogP contribution < -0.4 is 10.2 Å². The van der Waals surface area contributed by atoms with Crippen molar-refractivity contribution in [3.63, 3.8) is 0 Å². The van der Waals surface area contributed by atoms with Gasteiger partial charge in [-0.3, -0.25) is 14.5 Å². The van der Waals surface area contributed by atoms with E-state index in [-0.39, 0.29) is 24.5 Å². The number of nitrogens with zero attached hydrogens (tertiary/aromatic N) is 4. The fourth-order valence-electron chi connectivity index (χ4n) is 4.81. The standard InChI is InChI=1S/C29H33N5O4/c1-3-20(2)21-12-14-22(15-13-21)34(27(35)19-33-25-10-5-4-9-24(25)31-32-33)28(26-11-7-17-38-26)29(36)30-18-23-8-6-16-37-23/h4-5,7,9-15,17,20,23,28H,3,6,8,16,18-19H2,1-2H3,(H,30,36)/t20-,23-,28+/m0/s1. The summed E-state index contributed by atoms with van der Waals surface area (Å²) in [5.41, 5.74) is 3.20. The molecule has 0 unspecified atom stereocenters. The fourth-order valence-corrected chi connectivity index (χ4v) is 4.81. The highest BCUT2D eigenvalue weighted by Gasteiger charge is 2.35. The molecule has 2 aromatic heterocycles. The van der Waals surface area contributed by atoms with E-state index in [4.69, 9.17) is 9.15 Å². The predicted octanol–water partition coefficient (Wildman–Crippen LogP) is 4.61. The molecule has 0 spiro atoms. The van der Waals surface area contributed by atoms with Crippen molar-refractivity contribution in [2.24, 2.45) is 0 Å². The van der Waals surface area contributed by atoms with E-state index < -0.39 is 6.04 Å². The molecule has 0 radical (unpaired) electrons. The van der Waals surface area contributed by atoms with E-state index in [0.29, 0.717) is 36.0 Å². The Labute approximate surface area is 221 Å². The minimum absolute atomic E-state index is 0.0309. The normalized spacial score (nSPS) is 16.8. The number of benzene rings is 2. The van der Waals surface area contributed by atoms with Crippen LogP contribution in [0, 0.1) is 0 Å². The Morgan fingerprint density at radius 3 is 2.66 bits per heavy atom. The van der Waals surface area contributed by atoms with E-state index in [1.165, 1.54) is 16.7 Å². The highest BCUT2D eigenvalue weighted by Crippen LogP contribution is 2.31. The summed E-state index contributed by atoms with van der Waals surface area (Å²) in [4.78, 5) is 29.2. The van der Waals surface area contributed by atoms with Gasteiger partial charge in [0, 0.05) is 18.8 Å². The van der Waals surface area contributed by atoms with Gasteiger partial charge in [0.15, 0.2) is 6.04 Å². The average Bonchev–Trinajstić information content (AvgIpc) is 3.73. The van der Waals surface area contributed by atoms with Crippen LogP contribution in [0.15, 0.2) is 71.3 Å². The summed E-state index contributed by atoms with van der Waals surface area (Å²) in [7, 11) is 0. The van der Waals surface area contributed by atoms with Gasteiger partial charge in [-0.25, -0.2) is 4.68 Å². The number of nitrogens with one attached hydrogen (secondary N) is 1. The van der Waals surface area contributed by atoms with E-state index in [1.54, 1.807) is 16.8 Å². The number of furan rings is 1. The van der Waals surface area contributed by atoms with Crippen LogP contribution >= 0.6 is 0 Å². The Bertz CT molecular complexity index is 1360. The molecule has 0 bridgehead atoms. The Balaban J connectivity index is 1.50. The molecule has 198 valence electrons. The molecule has 1 N–H and O–H groups in total. The summed E-state index contributed by atoms with van der Waals surface area (Å²) in [6.07, 6.45) is 4.35. The summed E-state index contributed by atoms with van der Waals surface area (Å²) in [5.74, 6) is 0.104. The van der Waals surface area contributed by atoms with Gasteiger partial charge in [-0.2, -0.15) is 0 Å². The van der Waals surface area contributed by atoms with Gasteiger partial charge >= 0.3 is 0 Å². The lowest BCUT2D eigenvalue weighted by Gasteiger charge is -2.30. The van der Waals surface area contributed by atoms with Crippen LogP contribution in [0.4, 0.5) is 5.69 Å². The third-order valence-corrected chi connectivity index (χ3v) is 7.17. The van der Waals surface area contributed by atoms with Gasteiger partial charge in [-0.1, -0.05) is 43.3 Å². The van der Waals surface area contributed by atoms with E-state index in [0.717, 1.165) is 24.8 Å². The van der Waals surface area contributed by atoms with Crippen LogP contribution in [0.25, 0.3) is 11.0 Å². The van der Waals surface area contributed by atoms with Gasteiger partial charge in [0.1, 0.15) is 17.8 Å². The number of para-hydroxylation sites is 1. The maximum Gasteiger partial charge on any atom is 0.251 e. The lowest BCUT2D eigenvalue weighted by atomic mass is 9.98. The largest absolute Gasteiger partial charge is 0.467 e. The molecule has 1 aliphatic rings. The third kappa shape index (κ3) is 5.47. The predicted molar refractivity (Wildman–Crippen MR) is 144 cm³/mol. The van der Waals surface area contributed by atoms with Crippen LogP contribution in [0.2, 0.25) is 0 Å². The minimum Gasteiger partial charge on any atom is -0.467 e. The first-order valence-corrected chi connectivity index (χ1v) is 13.2. The second kappa shape index (κ2) is 11.6. The van der Waals surface area contributed by atoms with Crippen molar-refractivity contribution in [3.05, 3.63) is 78.3 Å². The number of hydrogen-bond donors (Lipinski definition) is 1. The molecule has 9 nitrogen and oxygen atoms in total. The summed E-state index contributed by atoms with van der Waals surface area (Å²) < 4.78 is 12.9. The first-order chi connectivity index (χ1) is 18.5. The van der Waals surface area contributed by atoms with E-state index in [9.17, 15) is 9.59 Å². The van der Waals surface area contributed by atoms with Crippen molar-refractivity contribution in [1.29, 1.82) is 0 Å². The summed E-state index contributed by atoms with van der Waals surface area (Å²) >= 11 is 0. The van der Waals surface area contributed by atoms with Crippen LogP contribution in [0.5, 0.6) is 0 Å². The smallest absolute Gasteiger partial charge is 0.251 e. The Morgan fingerprint density at radius 2 is 1.95 bits per heavy atom. The number of amides is 2. The van der Waals surface area contributed by atoms with Crippen molar-refractivity contribution < 1.29 is 18.7 Å². The van der Waals surface area contributed by atoms with Gasteiger partial charge in [-0.15, -0.1) is 5.10 Å². The molecule has 0 aliphatic carbocycles. The molecule has 38 heavy (non-hydrogen) atoms. The van der Waals surface area contributed by atoms with Gasteiger partial charge in [0.2, 0.25) is 5.91 Å². The van der Waals surface area contributed by atoms with Crippen molar-refractivity contribution in [2.45, 2.75) is 57.7 Å². The topological polar surface area (TPSA) is 102 Å². The fraction of sp³-hybridized carbons (Fsp3) is 0.379. The molecule has 0 saturated carbocycles. The van der Waals surface area contributed by atoms with Crippen LogP contribution in [0.3, 0.4) is 0 Å². The Hall–Kier alpha value is -3.98. The van der Waals surface area contributed by atoms with Crippen molar-refractivity contribution in [1.82, 2.24) is 20.3 Å². The zero-order valence-corrected chi connectivity index (χ0v) is 21.7. The Morgan fingerprint density at radius 1 is 1.13 bits per heavy atom. The van der Waals surface area contributed by atoms with Gasteiger partial charge in [0.05, 0.1) is 17.9 Å². The zero-order valence-electron chi connectivity index (χ0n) is 21.7. The highest BCUT2D eigenvalue weighted by atomic mass is 16.5. The molecule has 3 atom stereocenters. The van der Waals surface area contributed by atoms with Crippen LogP contribution in [0.1, 0.15) is 56.4 Å². The molecule has 1 fully saturated rings. The quantitative estimate of drug-likeness (QED) is 0.331. The molecular weight excluding hydrogens is 482 g/mol. The lowest BCUT2D eigenvalue weighted by molar-refractivity contribution is -0.127. The molecule has 5 rings (SSSR count). The maximum atomic E-state index is 14.0. The lowest BCUT2D eigenvalue weighted by Crippen LogP contribution is -2.46. The zero-order chi connectivity index (χ0) is 26.5. The number of hydrogen-bond acceptors (Lipinski definition) is 6. The molecule has 1 saturated heterocycles. The van der Waals surface area contributed by atoms with Crippen molar-refractivity contribution in [2.75, 3.05) is 18.1 Å². The molecule has 4 aromatic rings. The molecule has 1 aliphatic heterocycles. The number of fused-ring (bicyclic) bond motifs is 1. The number of rotatable bonds is 10. The molecule has 3 heterocycles. The van der Waals surface area contributed by atoms with Crippen LogP contribution in [-0.2, 0) is 20.9 Å². The van der Waals surface area contributed by atoms with Crippen molar-refractivity contribution in [3.8, 4) is 0 Å². The first-order valence-electron chi connectivity index (χ1n) is 13.2. The number of carbonyl (C=O) groups excluding carboxylic acids is 2.